The molecule has 0 fully saturated rings. The molecule has 13 heavy (non-hydrogen) atoms. The molecule has 1 aromatic carbocycles. The molecule has 5 heteroatoms. The second-order valence-electron chi connectivity index (χ2n) is 2.33. The molecule has 0 aliphatic carbocycles. The van der Waals surface area contributed by atoms with Gasteiger partial charge in [0.15, 0.2) is 0 Å². The Kier molecular flexibility index (Phi) is 3.74. The van der Waals surface area contributed by atoms with Gasteiger partial charge in [0.25, 0.3) is 0 Å². The summed E-state index contributed by atoms with van der Waals surface area (Å²) in [7, 11) is 0. The van der Waals surface area contributed by atoms with Crippen molar-refractivity contribution in [1.29, 1.82) is 0 Å². The van der Waals surface area contributed by atoms with Gasteiger partial charge in [-0.15, -0.1) is 0 Å². The highest BCUT2D eigenvalue weighted by molar-refractivity contribution is 5.66. The average molecular weight is 181 g/mol. The predicted molar refractivity (Wildman–Crippen MR) is 47.1 cm³/mol. The van der Waals surface area contributed by atoms with Crippen molar-refractivity contribution in [3.63, 3.8) is 0 Å². The van der Waals surface area contributed by atoms with Gasteiger partial charge in [-0.25, -0.2) is 10.2 Å². The summed E-state index contributed by atoms with van der Waals surface area (Å²) in [5.74, 6) is 4.84. The standard InChI is InChI=1S/C8H11N3O2/c9-11-10-8(12)13-6-7-4-2-1-3-5-7/h1-5,11H,6,9H2,(H,10,12). The Hall–Kier alpha value is -1.59. The molecule has 1 aromatic rings. The molecule has 0 heterocycles. The molecule has 0 bridgehead atoms. The lowest BCUT2D eigenvalue weighted by Gasteiger charge is -2.04. The van der Waals surface area contributed by atoms with Crippen LogP contribution in [0.4, 0.5) is 4.79 Å². The van der Waals surface area contributed by atoms with Gasteiger partial charge in [0, 0.05) is 0 Å². The van der Waals surface area contributed by atoms with Crippen molar-refractivity contribution in [2.24, 2.45) is 5.84 Å². The molecule has 1 rings (SSSR count). The number of ether oxygens (including phenoxy) is 1. The van der Waals surface area contributed by atoms with E-state index in [2.05, 4.69) is 5.43 Å². The van der Waals surface area contributed by atoms with E-state index < -0.39 is 6.09 Å². The third kappa shape index (κ3) is 3.55. The molecule has 0 spiro atoms. The summed E-state index contributed by atoms with van der Waals surface area (Å²) in [4.78, 5) is 10.7. The average Bonchev–Trinajstić information content (AvgIpc) is 2.17. The van der Waals surface area contributed by atoms with Gasteiger partial charge >= 0.3 is 6.09 Å². The Labute approximate surface area is 75.8 Å². The number of nitrogens with two attached hydrogens (primary N) is 1. The van der Waals surface area contributed by atoms with Gasteiger partial charge in [-0.1, -0.05) is 30.3 Å². The van der Waals surface area contributed by atoms with Crippen LogP contribution >= 0.6 is 0 Å². The lowest BCUT2D eigenvalue weighted by molar-refractivity contribution is 0.135. The number of hydrogen-bond donors (Lipinski definition) is 3. The fourth-order valence-corrected chi connectivity index (χ4v) is 0.818. The highest BCUT2D eigenvalue weighted by Gasteiger charge is 1.98. The molecule has 0 aliphatic heterocycles. The number of carbonyl (C=O) groups is 1. The Morgan fingerprint density at radius 3 is 2.69 bits per heavy atom. The molecule has 0 atom stereocenters. The van der Waals surface area contributed by atoms with Gasteiger partial charge in [-0.2, -0.15) is 5.53 Å². The number of rotatable bonds is 3. The topological polar surface area (TPSA) is 76.4 Å². The van der Waals surface area contributed by atoms with Crippen molar-refractivity contribution in [2.45, 2.75) is 6.61 Å². The van der Waals surface area contributed by atoms with Crippen LogP contribution in [-0.4, -0.2) is 6.09 Å². The van der Waals surface area contributed by atoms with E-state index in [0.29, 0.717) is 0 Å². The number of hydrazine groups is 2. The predicted octanol–water partition coefficient (Wildman–Crippen LogP) is 0.291. The molecular weight excluding hydrogens is 170 g/mol. The Morgan fingerprint density at radius 1 is 1.38 bits per heavy atom. The maximum Gasteiger partial charge on any atom is 0.423 e. The Morgan fingerprint density at radius 2 is 2.08 bits per heavy atom. The smallest absolute Gasteiger partial charge is 0.423 e. The summed E-state index contributed by atoms with van der Waals surface area (Å²) in [6, 6.07) is 9.37. The monoisotopic (exact) mass is 181 g/mol. The fourth-order valence-electron chi connectivity index (χ4n) is 0.818. The van der Waals surface area contributed by atoms with Gasteiger partial charge in [-0.05, 0) is 5.56 Å². The molecule has 0 saturated carbocycles. The van der Waals surface area contributed by atoms with Crippen LogP contribution in [0.1, 0.15) is 5.56 Å². The fraction of sp³-hybridized carbons (Fsp3) is 0.125. The van der Waals surface area contributed by atoms with Gasteiger partial charge in [0.05, 0.1) is 0 Å². The maximum atomic E-state index is 10.7. The largest absolute Gasteiger partial charge is 0.444 e. The zero-order valence-electron chi connectivity index (χ0n) is 6.99. The van der Waals surface area contributed by atoms with E-state index >= 15 is 0 Å². The van der Waals surface area contributed by atoms with E-state index in [0.717, 1.165) is 5.56 Å². The number of benzene rings is 1. The van der Waals surface area contributed by atoms with E-state index in [4.69, 9.17) is 10.6 Å². The van der Waals surface area contributed by atoms with Crippen molar-refractivity contribution in [2.75, 3.05) is 0 Å². The summed E-state index contributed by atoms with van der Waals surface area (Å²) < 4.78 is 4.78. The first-order valence-electron chi connectivity index (χ1n) is 3.75. The first-order chi connectivity index (χ1) is 6.33. The first kappa shape index (κ1) is 9.50. The summed E-state index contributed by atoms with van der Waals surface area (Å²) in [6.45, 7) is 0.231. The van der Waals surface area contributed by atoms with Crippen molar-refractivity contribution >= 4 is 6.09 Å². The first-order valence-corrected chi connectivity index (χ1v) is 3.75. The highest BCUT2D eigenvalue weighted by atomic mass is 16.6. The van der Waals surface area contributed by atoms with Gasteiger partial charge in [-0.3, -0.25) is 5.84 Å². The number of hydrogen-bond acceptors (Lipinski definition) is 4. The third-order valence-corrected chi connectivity index (χ3v) is 1.39. The van der Waals surface area contributed by atoms with Gasteiger partial charge in [0.1, 0.15) is 6.61 Å². The summed E-state index contributed by atoms with van der Waals surface area (Å²) in [6.07, 6.45) is -0.605. The van der Waals surface area contributed by atoms with Crippen LogP contribution in [0, 0.1) is 0 Å². The summed E-state index contributed by atoms with van der Waals surface area (Å²) in [5.41, 5.74) is 4.99. The van der Waals surface area contributed by atoms with Gasteiger partial charge in [0.2, 0.25) is 0 Å². The molecule has 4 N–H and O–H groups in total. The van der Waals surface area contributed by atoms with Crippen LogP contribution in [-0.2, 0) is 11.3 Å². The van der Waals surface area contributed by atoms with Crippen LogP contribution in [0.25, 0.3) is 0 Å². The minimum absolute atomic E-state index is 0.231. The molecule has 0 aliphatic rings. The van der Waals surface area contributed by atoms with Crippen molar-refractivity contribution in [3.05, 3.63) is 35.9 Å². The molecule has 5 nitrogen and oxygen atoms in total. The molecule has 70 valence electrons. The van der Waals surface area contributed by atoms with Crippen LogP contribution in [0.5, 0.6) is 0 Å². The molecule has 1 amide bonds. The minimum atomic E-state index is -0.605. The van der Waals surface area contributed by atoms with Crippen molar-refractivity contribution < 1.29 is 9.53 Å². The summed E-state index contributed by atoms with van der Waals surface area (Å²) in [5, 5.41) is 0. The Bertz CT molecular complexity index is 263. The minimum Gasteiger partial charge on any atom is -0.444 e. The van der Waals surface area contributed by atoms with E-state index in [1.807, 2.05) is 35.9 Å². The normalized spacial score (nSPS) is 9.31. The van der Waals surface area contributed by atoms with E-state index in [9.17, 15) is 4.79 Å². The third-order valence-electron chi connectivity index (χ3n) is 1.39. The quantitative estimate of drug-likeness (QED) is 0.462. The molecule has 0 saturated heterocycles. The second-order valence-corrected chi connectivity index (χ2v) is 2.33. The van der Waals surface area contributed by atoms with Crippen molar-refractivity contribution in [3.8, 4) is 0 Å². The molecule has 0 radical (unpaired) electrons. The highest BCUT2D eigenvalue weighted by Crippen LogP contribution is 1.99. The van der Waals surface area contributed by atoms with Crippen LogP contribution in [0.3, 0.4) is 0 Å². The summed E-state index contributed by atoms with van der Waals surface area (Å²) >= 11 is 0. The molecule has 0 aromatic heterocycles. The molecule has 0 unspecified atom stereocenters. The lowest BCUT2D eigenvalue weighted by Crippen LogP contribution is -2.42. The zero-order chi connectivity index (χ0) is 9.52. The van der Waals surface area contributed by atoms with E-state index in [1.165, 1.54) is 0 Å². The maximum absolute atomic E-state index is 10.7. The van der Waals surface area contributed by atoms with Gasteiger partial charge < -0.3 is 4.74 Å². The van der Waals surface area contributed by atoms with Crippen molar-refractivity contribution in [1.82, 2.24) is 11.0 Å². The zero-order valence-corrected chi connectivity index (χ0v) is 6.99. The number of carbonyl (C=O) groups excluding carboxylic acids is 1. The van der Waals surface area contributed by atoms with E-state index in [-0.39, 0.29) is 6.61 Å². The number of nitrogens with one attached hydrogen (secondary N) is 2. The van der Waals surface area contributed by atoms with Crippen LogP contribution < -0.4 is 16.8 Å². The second kappa shape index (κ2) is 5.13. The Balaban J connectivity index is 2.31. The molecular formula is C8H11N3O2. The van der Waals surface area contributed by atoms with Crippen LogP contribution in [0.2, 0.25) is 0 Å². The van der Waals surface area contributed by atoms with Crippen LogP contribution in [0.15, 0.2) is 30.3 Å². The lowest BCUT2D eigenvalue weighted by atomic mass is 10.2. The SMILES string of the molecule is NNNC(=O)OCc1ccccc1. The van der Waals surface area contributed by atoms with E-state index in [1.54, 1.807) is 0 Å². The number of amides is 1.